The molecule has 1 aliphatic heterocycles. The van der Waals surface area contributed by atoms with Crippen molar-refractivity contribution in [1.29, 1.82) is 0 Å². The predicted octanol–water partition coefficient (Wildman–Crippen LogP) is 3.59. The van der Waals surface area contributed by atoms with E-state index >= 15 is 0 Å². The number of amides is 2. The molecule has 5 heteroatoms. The fraction of sp³-hybridized carbons (Fsp3) is 0.579. The first kappa shape index (κ1) is 17.3. The average Bonchev–Trinajstić information content (AvgIpc) is 3.13. The number of piperazine rings is 1. The van der Waals surface area contributed by atoms with Gasteiger partial charge in [-0.15, -0.1) is 0 Å². The summed E-state index contributed by atoms with van der Waals surface area (Å²) in [4.78, 5) is 28.6. The Morgan fingerprint density at radius 1 is 1.04 bits per heavy atom. The minimum absolute atomic E-state index is 0.00412. The summed E-state index contributed by atoms with van der Waals surface area (Å²) in [5, 5.41) is 0.571. The Morgan fingerprint density at radius 3 is 2.38 bits per heavy atom. The molecule has 1 aliphatic carbocycles. The van der Waals surface area contributed by atoms with E-state index in [2.05, 4.69) is 0 Å². The maximum absolute atomic E-state index is 12.5. The van der Waals surface area contributed by atoms with Crippen LogP contribution in [0.2, 0.25) is 5.02 Å². The highest BCUT2D eigenvalue weighted by Crippen LogP contribution is 2.28. The van der Waals surface area contributed by atoms with Gasteiger partial charge in [0.05, 0.1) is 0 Å². The molecule has 0 bridgehead atoms. The van der Waals surface area contributed by atoms with Crippen molar-refractivity contribution in [2.75, 3.05) is 26.2 Å². The summed E-state index contributed by atoms with van der Waals surface area (Å²) in [5.74, 6) is 0.993. The van der Waals surface area contributed by atoms with Gasteiger partial charge in [0.25, 0.3) is 5.91 Å². The van der Waals surface area contributed by atoms with Crippen LogP contribution in [0.3, 0.4) is 0 Å². The zero-order chi connectivity index (χ0) is 16.9. The van der Waals surface area contributed by atoms with Crippen molar-refractivity contribution >= 4 is 23.4 Å². The highest BCUT2D eigenvalue weighted by molar-refractivity contribution is 6.30. The van der Waals surface area contributed by atoms with Crippen LogP contribution in [0.1, 0.15) is 48.9 Å². The topological polar surface area (TPSA) is 40.6 Å². The van der Waals surface area contributed by atoms with Crippen LogP contribution in [0.15, 0.2) is 24.3 Å². The van der Waals surface area contributed by atoms with Crippen molar-refractivity contribution in [3.63, 3.8) is 0 Å². The third kappa shape index (κ3) is 4.29. The Kier molecular flexibility index (Phi) is 5.77. The number of hydrogen-bond donors (Lipinski definition) is 0. The molecular formula is C19H25ClN2O2. The van der Waals surface area contributed by atoms with Gasteiger partial charge < -0.3 is 9.80 Å². The molecule has 1 heterocycles. The lowest BCUT2D eigenvalue weighted by atomic mass is 10.0. The molecule has 0 radical (unpaired) electrons. The van der Waals surface area contributed by atoms with E-state index in [1.165, 1.54) is 25.7 Å². The molecule has 0 spiro atoms. The van der Waals surface area contributed by atoms with Gasteiger partial charge >= 0.3 is 0 Å². The fourth-order valence-corrected chi connectivity index (χ4v) is 3.94. The second-order valence-electron chi connectivity index (χ2n) is 6.87. The van der Waals surface area contributed by atoms with Gasteiger partial charge in [0.2, 0.25) is 5.91 Å². The van der Waals surface area contributed by atoms with E-state index in [0.717, 1.165) is 12.3 Å². The van der Waals surface area contributed by atoms with E-state index in [4.69, 9.17) is 11.6 Å². The number of carbonyl (C=O) groups is 2. The molecule has 130 valence electrons. The number of benzene rings is 1. The van der Waals surface area contributed by atoms with Crippen LogP contribution in [-0.4, -0.2) is 47.8 Å². The molecule has 4 nitrogen and oxygen atoms in total. The first-order valence-electron chi connectivity index (χ1n) is 8.96. The first-order chi connectivity index (χ1) is 11.6. The van der Waals surface area contributed by atoms with Gasteiger partial charge in [-0.25, -0.2) is 0 Å². The Hall–Kier alpha value is -1.55. The molecule has 1 saturated heterocycles. The van der Waals surface area contributed by atoms with Crippen molar-refractivity contribution < 1.29 is 9.59 Å². The molecule has 1 aromatic rings. The predicted molar refractivity (Wildman–Crippen MR) is 95.1 cm³/mol. The summed E-state index contributed by atoms with van der Waals surface area (Å²) in [6.45, 7) is 2.46. The fourth-order valence-electron chi connectivity index (χ4n) is 3.75. The normalized spacial score (nSPS) is 18.9. The van der Waals surface area contributed by atoms with Gasteiger partial charge in [0.15, 0.2) is 0 Å². The van der Waals surface area contributed by atoms with E-state index in [1.54, 1.807) is 24.3 Å². The van der Waals surface area contributed by atoms with Crippen LogP contribution in [0, 0.1) is 5.92 Å². The lowest BCUT2D eigenvalue weighted by Gasteiger charge is -2.35. The quantitative estimate of drug-likeness (QED) is 0.834. The molecule has 1 saturated carbocycles. The highest BCUT2D eigenvalue weighted by atomic mass is 35.5. The van der Waals surface area contributed by atoms with Crippen LogP contribution >= 0.6 is 11.6 Å². The largest absolute Gasteiger partial charge is 0.339 e. The van der Waals surface area contributed by atoms with E-state index in [0.29, 0.717) is 43.2 Å². The summed E-state index contributed by atoms with van der Waals surface area (Å²) in [6.07, 6.45) is 6.91. The molecule has 2 fully saturated rings. The van der Waals surface area contributed by atoms with Crippen LogP contribution in [-0.2, 0) is 4.79 Å². The zero-order valence-electron chi connectivity index (χ0n) is 14.0. The summed E-state index contributed by atoms with van der Waals surface area (Å²) >= 11 is 5.96. The molecule has 24 heavy (non-hydrogen) atoms. The SMILES string of the molecule is O=C(CCC1CCCC1)N1CCN(C(=O)c2cccc(Cl)c2)CC1. The monoisotopic (exact) mass is 348 g/mol. The van der Waals surface area contributed by atoms with E-state index < -0.39 is 0 Å². The van der Waals surface area contributed by atoms with E-state index in [-0.39, 0.29) is 11.8 Å². The van der Waals surface area contributed by atoms with Gasteiger partial charge in [0.1, 0.15) is 0 Å². The van der Waals surface area contributed by atoms with Crippen LogP contribution in [0.5, 0.6) is 0 Å². The van der Waals surface area contributed by atoms with Gasteiger partial charge in [-0.3, -0.25) is 9.59 Å². The Morgan fingerprint density at radius 2 is 1.71 bits per heavy atom. The number of carbonyl (C=O) groups excluding carboxylic acids is 2. The number of nitrogens with zero attached hydrogens (tertiary/aromatic N) is 2. The standard InChI is InChI=1S/C19H25ClN2O2/c20-17-7-3-6-16(14-17)19(24)22-12-10-21(11-13-22)18(23)9-8-15-4-1-2-5-15/h3,6-7,14-15H,1-2,4-5,8-13H2. The van der Waals surface area contributed by atoms with Crippen molar-refractivity contribution in [2.45, 2.75) is 38.5 Å². The lowest BCUT2D eigenvalue weighted by molar-refractivity contribution is -0.133. The highest BCUT2D eigenvalue weighted by Gasteiger charge is 2.25. The van der Waals surface area contributed by atoms with Gasteiger partial charge in [-0.05, 0) is 30.5 Å². The number of halogens is 1. The summed E-state index contributed by atoms with van der Waals surface area (Å²) in [7, 11) is 0. The second kappa shape index (κ2) is 8.02. The Bertz CT molecular complexity index is 591. The van der Waals surface area contributed by atoms with Crippen molar-refractivity contribution in [2.24, 2.45) is 5.92 Å². The molecule has 0 N–H and O–H groups in total. The van der Waals surface area contributed by atoms with E-state index in [1.807, 2.05) is 9.80 Å². The molecular weight excluding hydrogens is 324 g/mol. The maximum Gasteiger partial charge on any atom is 0.254 e. The average molecular weight is 349 g/mol. The third-order valence-corrected chi connectivity index (χ3v) is 5.47. The molecule has 0 unspecified atom stereocenters. The van der Waals surface area contributed by atoms with Crippen molar-refractivity contribution in [1.82, 2.24) is 9.80 Å². The Labute approximate surface area is 148 Å². The maximum atomic E-state index is 12.5. The zero-order valence-corrected chi connectivity index (χ0v) is 14.8. The Balaban J connectivity index is 1.46. The summed E-state index contributed by atoms with van der Waals surface area (Å²) < 4.78 is 0. The van der Waals surface area contributed by atoms with Gasteiger partial charge in [0, 0.05) is 43.2 Å². The molecule has 0 atom stereocenters. The van der Waals surface area contributed by atoms with Crippen molar-refractivity contribution in [3.05, 3.63) is 34.9 Å². The van der Waals surface area contributed by atoms with Gasteiger partial charge in [-0.2, -0.15) is 0 Å². The molecule has 2 aliphatic rings. The van der Waals surface area contributed by atoms with Crippen LogP contribution in [0.25, 0.3) is 0 Å². The summed E-state index contributed by atoms with van der Waals surface area (Å²) in [6, 6.07) is 7.04. The van der Waals surface area contributed by atoms with Crippen LogP contribution < -0.4 is 0 Å². The second-order valence-corrected chi connectivity index (χ2v) is 7.31. The number of rotatable bonds is 4. The third-order valence-electron chi connectivity index (χ3n) is 5.23. The molecule has 0 aromatic heterocycles. The molecule has 3 rings (SSSR count). The lowest BCUT2D eigenvalue weighted by Crippen LogP contribution is -2.50. The first-order valence-corrected chi connectivity index (χ1v) is 9.34. The van der Waals surface area contributed by atoms with Gasteiger partial charge in [-0.1, -0.05) is 43.4 Å². The molecule has 1 aromatic carbocycles. The van der Waals surface area contributed by atoms with E-state index in [9.17, 15) is 9.59 Å². The minimum Gasteiger partial charge on any atom is -0.339 e. The smallest absolute Gasteiger partial charge is 0.254 e. The molecule has 2 amide bonds. The summed E-state index contributed by atoms with van der Waals surface area (Å²) in [5.41, 5.74) is 0.614. The number of hydrogen-bond acceptors (Lipinski definition) is 2. The minimum atomic E-state index is -0.00412. The van der Waals surface area contributed by atoms with Crippen LogP contribution in [0.4, 0.5) is 0 Å². The van der Waals surface area contributed by atoms with Crippen molar-refractivity contribution in [3.8, 4) is 0 Å².